The van der Waals surface area contributed by atoms with E-state index < -0.39 is 25.0 Å². The number of ether oxygens (including phenoxy) is 1. The Morgan fingerprint density at radius 3 is 2.84 bits per heavy atom. The summed E-state index contributed by atoms with van der Waals surface area (Å²) in [5.74, 6) is 0.332. The number of nitrogens with zero attached hydrogens (tertiary/aromatic N) is 1. The van der Waals surface area contributed by atoms with E-state index in [2.05, 4.69) is 0 Å². The van der Waals surface area contributed by atoms with Gasteiger partial charge in [-0.1, -0.05) is 18.2 Å². The van der Waals surface area contributed by atoms with Gasteiger partial charge in [0.2, 0.25) is 0 Å². The fourth-order valence-corrected chi connectivity index (χ4v) is 2.29. The molecule has 1 aliphatic rings. The fourth-order valence-electron chi connectivity index (χ4n) is 2.08. The van der Waals surface area contributed by atoms with Crippen molar-refractivity contribution >= 4 is 17.5 Å². The van der Waals surface area contributed by atoms with E-state index in [0.717, 1.165) is 10.5 Å². The number of alkyl halides is 3. The molecule has 1 aromatic carbocycles. The third-order valence-electron chi connectivity index (χ3n) is 2.95. The van der Waals surface area contributed by atoms with Crippen LogP contribution in [0.25, 0.3) is 0 Å². The van der Waals surface area contributed by atoms with Gasteiger partial charge in [0.1, 0.15) is 5.75 Å². The summed E-state index contributed by atoms with van der Waals surface area (Å²) >= 11 is 5.54. The molecule has 104 valence electrons. The second-order valence-electron chi connectivity index (χ2n) is 4.28. The van der Waals surface area contributed by atoms with Crippen molar-refractivity contribution in [1.29, 1.82) is 0 Å². The molecule has 0 saturated heterocycles. The molecule has 2 rings (SSSR count). The Bertz CT molecular complexity index is 431. The first-order chi connectivity index (χ1) is 9.11. The number of hydrogen-bond donors (Lipinski definition) is 0. The second kappa shape index (κ2) is 6.19. The zero-order valence-corrected chi connectivity index (χ0v) is 10.9. The van der Waals surface area contributed by atoms with Crippen LogP contribution in [0.5, 0.6) is 5.75 Å². The Balaban J connectivity index is 2.04. The van der Waals surface area contributed by atoms with E-state index in [-0.39, 0.29) is 12.4 Å². The molecule has 0 spiro atoms. The Morgan fingerprint density at radius 1 is 1.47 bits per heavy atom. The number of halogens is 3. The molecular weight excluding hydrogens is 276 g/mol. The summed E-state index contributed by atoms with van der Waals surface area (Å²) in [5, 5.41) is 0. The van der Waals surface area contributed by atoms with Crippen LogP contribution in [0.2, 0.25) is 0 Å². The van der Waals surface area contributed by atoms with Gasteiger partial charge in [-0.3, -0.25) is 4.79 Å². The summed E-state index contributed by atoms with van der Waals surface area (Å²) in [6, 6.07) is 7.29. The molecular formula is C13H14ClF2NO2. The molecule has 1 aliphatic heterocycles. The van der Waals surface area contributed by atoms with Gasteiger partial charge in [-0.05, 0) is 11.6 Å². The van der Waals surface area contributed by atoms with E-state index in [4.69, 9.17) is 16.3 Å². The summed E-state index contributed by atoms with van der Waals surface area (Å²) in [4.78, 5) is 13.2. The highest BCUT2D eigenvalue weighted by atomic mass is 35.5. The Kier molecular flexibility index (Phi) is 4.58. The lowest BCUT2D eigenvalue weighted by Gasteiger charge is -2.24. The second-order valence-corrected chi connectivity index (χ2v) is 4.66. The van der Waals surface area contributed by atoms with Gasteiger partial charge in [-0.2, -0.15) is 0 Å². The van der Waals surface area contributed by atoms with Crippen LogP contribution < -0.4 is 4.74 Å². The van der Waals surface area contributed by atoms with Gasteiger partial charge in [0.25, 0.3) is 12.3 Å². The molecule has 0 aliphatic carbocycles. The largest absolute Gasteiger partial charge is 0.480 e. The maximum absolute atomic E-state index is 12.4. The third-order valence-corrected chi connectivity index (χ3v) is 3.12. The van der Waals surface area contributed by atoms with Gasteiger partial charge in [0.15, 0.2) is 6.10 Å². The van der Waals surface area contributed by atoms with Crippen molar-refractivity contribution in [3.63, 3.8) is 0 Å². The van der Waals surface area contributed by atoms with Crippen LogP contribution in [0.4, 0.5) is 8.78 Å². The summed E-state index contributed by atoms with van der Waals surface area (Å²) < 4.78 is 30.4. The van der Waals surface area contributed by atoms with Crippen molar-refractivity contribution in [1.82, 2.24) is 4.90 Å². The SMILES string of the molecule is O=C(C1Cc2ccccc2O1)N(CCCl)CC(F)F. The normalized spacial score (nSPS) is 17.2. The van der Waals surface area contributed by atoms with Crippen LogP contribution in [0, 0.1) is 0 Å². The average Bonchev–Trinajstić information content (AvgIpc) is 2.80. The lowest BCUT2D eigenvalue weighted by Crippen LogP contribution is -2.44. The van der Waals surface area contributed by atoms with E-state index in [1.54, 1.807) is 12.1 Å². The molecule has 0 fully saturated rings. The Labute approximate surface area is 115 Å². The smallest absolute Gasteiger partial charge is 0.264 e. The van der Waals surface area contributed by atoms with Gasteiger partial charge < -0.3 is 9.64 Å². The van der Waals surface area contributed by atoms with E-state index in [0.29, 0.717) is 12.2 Å². The number of amides is 1. The number of rotatable bonds is 5. The van der Waals surface area contributed by atoms with Gasteiger partial charge in [-0.15, -0.1) is 11.6 Å². The predicted molar refractivity (Wildman–Crippen MR) is 67.9 cm³/mol. The minimum Gasteiger partial charge on any atom is -0.480 e. The fraction of sp³-hybridized carbons (Fsp3) is 0.462. The lowest BCUT2D eigenvalue weighted by molar-refractivity contribution is -0.139. The van der Waals surface area contributed by atoms with Crippen LogP contribution in [0.1, 0.15) is 5.56 Å². The molecule has 0 aromatic heterocycles. The number of para-hydroxylation sites is 1. The number of fused-ring (bicyclic) bond motifs is 1. The molecule has 3 nitrogen and oxygen atoms in total. The van der Waals surface area contributed by atoms with Crippen molar-refractivity contribution in [2.75, 3.05) is 19.0 Å². The standard InChI is InChI=1S/C13H14ClF2NO2/c14-5-6-17(8-12(15)16)13(18)11-7-9-3-1-2-4-10(9)19-11/h1-4,11-12H,5-8H2. The summed E-state index contributed by atoms with van der Waals surface area (Å²) in [7, 11) is 0. The molecule has 0 N–H and O–H groups in total. The molecule has 1 heterocycles. The van der Waals surface area contributed by atoms with Gasteiger partial charge in [0.05, 0.1) is 6.54 Å². The number of benzene rings is 1. The molecule has 1 amide bonds. The lowest BCUT2D eigenvalue weighted by atomic mass is 10.1. The monoisotopic (exact) mass is 289 g/mol. The highest BCUT2D eigenvalue weighted by molar-refractivity contribution is 6.18. The minimum atomic E-state index is -2.57. The zero-order valence-electron chi connectivity index (χ0n) is 10.2. The van der Waals surface area contributed by atoms with Crippen LogP contribution >= 0.6 is 11.6 Å². The highest BCUT2D eigenvalue weighted by Gasteiger charge is 2.32. The minimum absolute atomic E-state index is 0.0981. The molecule has 1 atom stereocenters. The predicted octanol–water partition coefficient (Wildman–Crippen LogP) is 2.32. The Morgan fingerprint density at radius 2 is 2.21 bits per heavy atom. The van der Waals surface area contributed by atoms with Crippen LogP contribution in [0.3, 0.4) is 0 Å². The zero-order chi connectivity index (χ0) is 13.8. The molecule has 1 aromatic rings. The highest BCUT2D eigenvalue weighted by Crippen LogP contribution is 2.29. The van der Waals surface area contributed by atoms with E-state index in [1.807, 2.05) is 12.1 Å². The van der Waals surface area contributed by atoms with Crippen molar-refractivity contribution in [3.8, 4) is 5.75 Å². The quantitative estimate of drug-likeness (QED) is 0.779. The average molecular weight is 290 g/mol. The van der Waals surface area contributed by atoms with E-state index >= 15 is 0 Å². The van der Waals surface area contributed by atoms with Crippen LogP contribution in [0.15, 0.2) is 24.3 Å². The van der Waals surface area contributed by atoms with Crippen molar-refractivity contribution in [3.05, 3.63) is 29.8 Å². The molecule has 0 radical (unpaired) electrons. The molecule has 1 unspecified atom stereocenters. The summed E-state index contributed by atoms with van der Waals surface area (Å²) in [6.07, 6.45) is -2.88. The molecule has 6 heteroatoms. The number of carbonyl (C=O) groups excluding carboxylic acids is 1. The van der Waals surface area contributed by atoms with Crippen LogP contribution in [-0.4, -0.2) is 42.3 Å². The van der Waals surface area contributed by atoms with Crippen LogP contribution in [-0.2, 0) is 11.2 Å². The summed E-state index contributed by atoms with van der Waals surface area (Å²) in [6.45, 7) is -0.511. The first-order valence-corrected chi connectivity index (χ1v) is 6.52. The number of carbonyl (C=O) groups is 1. The van der Waals surface area contributed by atoms with Crippen molar-refractivity contribution in [2.24, 2.45) is 0 Å². The van der Waals surface area contributed by atoms with E-state index in [1.165, 1.54) is 0 Å². The van der Waals surface area contributed by atoms with Crippen molar-refractivity contribution in [2.45, 2.75) is 19.0 Å². The molecule has 0 saturated carbocycles. The summed E-state index contributed by atoms with van der Waals surface area (Å²) in [5.41, 5.74) is 0.920. The maximum Gasteiger partial charge on any atom is 0.264 e. The van der Waals surface area contributed by atoms with E-state index in [9.17, 15) is 13.6 Å². The maximum atomic E-state index is 12.4. The first kappa shape index (κ1) is 14.1. The topological polar surface area (TPSA) is 29.5 Å². The third kappa shape index (κ3) is 3.35. The van der Waals surface area contributed by atoms with Crippen molar-refractivity contribution < 1.29 is 18.3 Å². The molecule has 0 bridgehead atoms. The van der Waals surface area contributed by atoms with Gasteiger partial charge in [0, 0.05) is 18.8 Å². The molecule has 19 heavy (non-hydrogen) atoms. The van der Waals surface area contributed by atoms with Gasteiger partial charge >= 0.3 is 0 Å². The Hall–Kier alpha value is -1.36. The number of hydrogen-bond acceptors (Lipinski definition) is 2. The van der Waals surface area contributed by atoms with Gasteiger partial charge in [-0.25, -0.2) is 8.78 Å². The first-order valence-electron chi connectivity index (χ1n) is 5.99.